The topological polar surface area (TPSA) is 37.3 Å². The smallest absolute Gasteiger partial charge is 0.308 e. The Bertz CT molecular complexity index is 775. The van der Waals surface area contributed by atoms with Crippen molar-refractivity contribution in [3.8, 4) is 20.9 Å². The molecular formula is C16H11ClO2S2. The molecule has 0 aliphatic heterocycles. The largest absolute Gasteiger partial charge is 0.481 e. The Morgan fingerprint density at radius 2 is 1.81 bits per heavy atom. The van der Waals surface area contributed by atoms with Crippen LogP contribution in [0, 0.1) is 0 Å². The second-order valence-corrected chi connectivity index (χ2v) is 7.34. The summed E-state index contributed by atoms with van der Waals surface area (Å²) < 4.78 is 0.707. The van der Waals surface area contributed by atoms with E-state index < -0.39 is 5.97 Å². The third-order valence-electron chi connectivity index (χ3n) is 3.02. The van der Waals surface area contributed by atoms with Gasteiger partial charge in [0, 0.05) is 20.2 Å². The molecule has 0 unspecified atom stereocenters. The fourth-order valence-corrected chi connectivity index (χ4v) is 4.43. The fourth-order valence-electron chi connectivity index (χ4n) is 2.11. The number of carboxylic acids is 1. The molecule has 0 fully saturated rings. The van der Waals surface area contributed by atoms with Gasteiger partial charge in [0.1, 0.15) is 0 Å². The number of hydrogen-bond acceptors (Lipinski definition) is 3. The van der Waals surface area contributed by atoms with Crippen LogP contribution in [0.2, 0.25) is 4.34 Å². The quantitative estimate of drug-likeness (QED) is 0.691. The second kappa shape index (κ2) is 6.02. The number of rotatable bonds is 4. The van der Waals surface area contributed by atoms with Gasteiger partial charge in [-0.15, -0.1) is 22.7 Å². The van der Waals surface area contributed by atoms with Crippen molar-refractivity contribution < 1.29 is 9.90 Å². The molecule has 0 spiro atoms. The summed E-state index contributed by atoms with van der Waals surface area (Å²) in [5, 5.41) is 9.11. The van der Waals surface area contributed by atoms with E-state index in [2.05, 4.69) is 6.07 Å². The molecule has 2 aromatic heterocycles. The van der Waals surface area contributed by atoms with E-state index in [1.165, 1.54) is 22.7 Å². The zero-order chi connectivity index (χ0) is 14.8. The number of carboxylic acid groups (broad SMARTS) is 1. The van der Waals surface area contributed by atoms with E-state index in [9.17, 15) is 4.79 Å². The summed E-state index contributed by atoms with van der Waals surface area (Å²) in [6.45, 7) is 0. The van der Waals surface area contributed by atoms with Gasteiger partial charge >= 0.3 is 5.97 Å². The van der Waals surface area contributed by atoms with Gasteiger partial charge in [0.25, 0.3) is 0 Å². The molecule has 3 rings (SSSR count). The molecule has 5 heteroatoms. The number of thiophene rings is 2. The first-order valence-electron chi connectivity index (χ1n) is 6.29. The maximum atomic E-state index is 11.1. The highest BCUT2D eigenvalue weighted by molar-refractivity contribution is 7.20. The van der Waals surface area contributed by atoms with Crippen LogP contribution in [0.25, 0.3) is 20.9 Å². The standard InChI is InChI=1S/C16H11ClO2S2/c17-15-7-6-12(21-15)11-8-13(10-4-2-1-3-5-10)20-14(11)9-16(18)19/h1-8H,9H2,(H,18,19). The summed E-state index contributed by atoms with van der Waals surface area (Å²) in [5.41, 5.74) is 2.07. The first-order chi connectivity index (χ1) is 10.1. The van der Waals surface area contributed by atoms with Gasteiger partial charge in [-0.1, -0.05) is 41.9 Å². The third kappa shape index (κ3) is 3.18. The maximum absolute atomic E-state index is 11.1. The van der Waals surface area contributed by atoms with E-state index in [1.807, 2.05) is 42.5 Å². The molecule has 1 N–H and O–H groups in total. The van der Waals surface area contributed by atoms with Gasteiger partial charge in [0.15, 0.2) is 0 Å². The molecule has 0 amide bonds. The Kier molecular flexibility index (Phi) is 4.10. The van der Waals surface area contributed by atoms with E-state index in [0.29, 0.717) is 4.34 Å². The Morgan fingerprint density at radius 3 is 2.43 bits per heavy atom. The molecule has 0 saturated heterocycles. The van der Waals surface area contributed by atoms with Gasteiger partial charge in [-0.2, -0.15) is 0 Å². The minimum atomic E-state index is -0.819. The highest BCUT2D eigenvalue weighted by Gasteiger charge is 2.16. The molecule has 0 saturated carbocycles. The average molecular weight is 335 g/mol. The Balaban J connectivity index is 2.09. The minimum absolute atomic E-state index is 0.0301. The van der Waals surface area contributed by atoms with E-state index in [0.717, 1.165) is 25.8 Å². The highest BCUT2D eigenvalue weighted by Crippen LogP contribution is 2.41. The first-order valence-corrected chi connectivity index (χ1v) is 8.30. The summed E-state index contributed by atoms with van der Waals surface area (Å²) in [6.07, 6.45) is 0.0301. The third-order valence-corrected chi connectivity index (χ3v) is 5.47. The van der Waals surface area contributed by atoms with Crippen molar-refractivity contribution >= 4 is 40.2 Å². The van der Waals surface area contributed by atoms with Crippen molar-refractivity contribution in [2.24, 2.45) is 0 Å². The van der Waals surface area contributed by atoms with Gasteiger partial charge in [0.2, 0.25) is 0 Å². The second-order valence-electron chi connectivity index (χ2n) is 4.49. The summed E-state index contributed by atoms with van der Waals surface area (Å²) in [5.74, 6) is -0.819. The van der Waals surface area contributed by atoms with Gasteiger partial charge in [0.05, 0.1) is 10.8 Å². The summed E-state index contributed by atoms with van der Waals surface area (Å²) in [4.78, 5) is 14.0. The van der Waals surface area contributed by atoms with Crippen molar-refractivity contribution in [1.29, 1.82) is 0 Å². The maximum Gasteiger partial charge on any atom is 0.308 e. The number of carbonyl (C=O) groups is 1. The van der Waals surface area contributed by atoms with Crippen LogP contribution in [0.4, 0.5) is 0 Å². The van der Waals surface area contributed by atoms with Crippen LogP contribution in [0.15, 0.2) is 48.5 Å². The molecule has 1 aromatic carbocycles. The normalized spacial score (nSPS) is 10.7. The van der Waals surface area contributed by atoms with Crippen LogP contribution in [0.5, 0.6) is 0 Å². The van der Waals surface area contributed by atoms with Crippen molar-refractivity contribution in [2.75, 3.05) is 0 Å². The van der Waals surface area contributed by atoms with E-state index in [1.54, 1.807) is 0 Å². The van der Waals surface area contributed by atoms with Crippen LogP contribution in [0.1, 0.15) is 4.88 Å². The van der Waals surface area contributed by atoms with Crippen LogP contribution >= 0.6 is 34.3 Å². The molecule has 3 aromatic rings. The molecule has 0 bridgehead atoms. The van der Waals surface area contributed by atoms with Crippen molar-refractivity contribution in [3.05, 3.63) is 57.7 Å². The van der Waals surface area contributed by atoms with Crippen LogP contribution in [0.3, 0.4) is 0 Å². The van der Waals surface area contributed by atoms with Crippen LogP contribution in [-0.2, 0) is 11.2 Å². The van der Waals surface area contributed by atoms with Gasteiger partial charge in [-0.25, -0.2) is 0 Å². The zero-order valence-corrected chi connectivity index (χ0v) is 13.3. The lowest BCUT2D eigenvalue weighted by molar-refractivity contribution is -0.136. The predicted octanol–water partition coefficient (Wildman–Crippen LogP) is 5.42. The summed E-state index contributed by atoms with van der Waals surface area (Å²) >= 11 is 9.00. The Labute approximate surface area is 135 Å². The summed E-state index contributed by atoms with van der Waals surface area (Å²) in [7, 11) is 0. The molecule has 2 nitrogen and oxygen atoms in total. The molecular weight excluding hydrogens is 324 g/mol. The number of hydrogen-bond donors (Lipinski definition) is 1. The fraction of sp³-hybridized carbons (Fsp3) is 0.0625. The molecule has 0 aliphatic carbocycles. The van der Waals surface area contributed by atoms with Crippen LogP contribution < -0.4 is 0 Å². The minimum Gasteiger partial charge on any atom is -0.481 e. The number of halogens is 1. The van der Waals surface area contributed by atoms with Crippen LogP contribution in [-0.4, -0.2) is 11.1 Å². The SMILES string of the molecule is O=C(O)Cc1sc(-c2ccccc2)cc1-c1ccc(Cl)s1. The lowest BCUT2D eigenvalue weighted by Gasteiger charge is -1.97. The molecule has 106 valence electrons. The van der Waals surface area contributed by atoms with Crippen molar-refractivity contribution in [3.63, 3.8) is 0 Å². The zero-order valence-electron chi connectivity index (χ0n) is 10.9. The number of benzene rings is 1. The van der Waals surface area contributed by atoms with E-state index in [-0.39, 0.29) is 6.42 Å². The molecule has 2 heterocycles. The Morgan fingerprint density at radius 1 is 1.05 bits per heavy atom. The Hall–Kier alpha value is -1.62. The highest BCUT2D eigenvalue weighted by atomic mass is 35.5. The summed E-state index contributed by atoms with van der Waals surface area (Å²) in [6, 6.07) is 15.8. The lowest BCUT2D eigenvalue weighted by atomic mass is 10.1. The van der Waals surface area contributed by atoms with Gasteiger partial charge < -0.3 is 5.11 Å². The predicted molar refractivity (Wildman–Crippen MR) is 89.4 cm³/mol. The molecule has 0 radical (unpaired) electrons. The van der Waals surface area contributed by atoms with Gasteiger partial charge in [-0.3, -0.25) is 4.79 Å². The van der Waals surface area contributed by atoms with Crippen molar-refractivity contribution in [1.82, 2.24) is 0 Å². The van der Waals surface area contributed by atoms with E-state index >= 15 is 0 Å². The van der Waals surface area contributed by atoms with E-state index in [4.69, 9.17) is 16.7 Å². The van der Waals surface area contributed by atoms with Crippen molar-refractivity contribution in [2.45, 2.75) is 6.42 Å². The van der Waals surface area contributed by atoms with Gasteiger partial charge in [-0.05, 0) is 23.8 Å². The molecule has 0 aliphatic rings. The molecule has 21 heavy (non-hydrogen) atoms. The lowest BCUT2D eigenvalue weighted by Crippen LogP contribution is -1.98. The average Bonchev–Trinajstić information content (AvgIpc) is 3.05. The monoisotopic (exact) mass is 334 g/mol. The number of aliphatic carboxylic acids is 1. The first kappa shape index (κ1) is 14.3. The molecule has 0 atom stereocenters.